The Balaban J connectivity index is 1.77. The number of aliphatic hydroxyl groups is 3. The lowest BCUT2D eigenvalue weighted by molar-refractivity contribution is -0.138. The number of carbonyl (C=O) groups excluding carboxylic acids is 1. The van der Waals surface area contributed by atoms with Crippen LogP contribution < -0.4 is 0 Å². The zero-order valence-electron chi connectivity index (χ0n) is 14.0. The maximum absolute atomic E-state index is 12.4. The third-order valence-corrected chi connectivity index (χ3v) is 7.81. The highest BCUT2D eigenvalue weighted by atomic mass is 16.3. The van der Waals surface area contributed by atoms with Gasteiger partial charge in [0.05, 0.1) is 18.3 Å². The van der Waals surface area contributed by atoms with Crippen LogP contribution in [0.15, 0.2) is 11.6 Å². The standard InChI is InChI=1S/C19H28O4/c1-18-5-3-11(20)7-10(18)8-13(21)16-12(18)4-6-19(2)15(23)9-14(22)17(16)19/h8,11-14,16-17,20-22H,3-7,9H2,1-2H3/t11?,12-,13?,14?,16-,17-,18-,19+/m0/s1. The van der Waals surface area contributed by atoms with Crippen LogP contribution in [-0.2, 0) is 4.79 Å². The predicted octanol–water partition coefficient (Wildman–Crippen LogP) is 1.82. The van der Waals surface area contributed by atoms with Crippen LogP contribution in [0.5, 0.6) is 0 Å². The van der Waals surface area contributed by atoms with Crippen molar-refractivity contribution >= 4 is 5.78 Å². The van der Waals surface area contributed by atoms with E-state index in [0.717, 1.165) is 25.7 Å². The molecule has 0 amide bonds. The molecule has 4 nitrogen and oxygen atoms in total. The fourth-order valence-corrected chi connectivity index (χ4v) is 6.46. The summed E-state index contributed by atoms with van der Waals surface area (Å²) in [7, 11) is 0. The molecular formula is C19H28O4. The van der Waals surface area contributed by atoms with Crippen LogP contribution in [0, 0.1) is 28.6 Å². The van der Waals surface area contributed by atoms with E-state index in [0.29, 0.717) is 12.3 Å². The van der Waals surface area contributed by atoms with Gasteiger partial charge in [0.15, 0.2) is 0 Å². The highest BCUT2D eigenvalue weighted by molar-refractivity contribution is 5.88. The lowest BCUT2D eigenvalue weighted by Crippen LogP contribution is -2.56. The van der Waals surface area contributed by atoms with E-state index < -0.39 is 17.6 Å². The Morgan fingerprint density at radius 2 is 1.74 bits per heavy atom. The molecule has 3 fully saturated rings. The number of Topliss-reactive ketones (excluding diaryl/α,β-unsaturated/α-hetero) is 1. The van der Waals surface area contributed by atoms with Gasteiger partial charge in [-0.05, 0) is 49.4 Å². The van der Waals surface area contributed by atoms with Gasteiger partial charge in [-0.25, -0.2) is 0 Å². The van der Waals surface area contributed by atoms with E-state index in [-0.39, 0.29) is 35.6 Å². The van der Waals surface area contributed by atoms with Gasteiger partial charge in [0, 0.05) is 17.8 Å². The van der Waals surface area contributed by atoms with Crippen LogP contribution in [0.3, 0.4) is 0 Å². The minimum atomic E-state index is -0.623. The van der Waals surface area contributed by atoms with E-state index in [1.807, 2.05) is 13.0 Å². The molecule has 0 radical (unpaired) electrons. The Morgan fingerprint density at radius 1 is 1.04 bits per heavy atom. The van der Waals surface area contributed by atoms with E-state index in [2.05, 4.69) is 6.92 Å². The van der Waals surface area contributed by atoms with Crippen LogP contribution in [-0.4, -0.2) is 39.4 Å². The number of aliphatic hydroxyl groups excluding tert-OH is 3. The molecule has 23 heavy (non-hydrogen) atoms. The summed E-state index contributed by atoms with van der Waals surface area (Å²) in [6, 6.07) is 0. The normalized spacial score (nSPS) is 55.7. The first-order chi connectivity index (χ1) is 10.8. The van der Waals surface area contributed by atoms with Gasteiger partial charge in [-0.3, -0.25) is 4.79 Å². The van der Waals surface area contributed by atoms with Crippen molar-refractivity contribution < 1.29 is 20.1 Å². The Labute approximate surface area is 137 Å². The summed E-state index contributed by atoms with van der Waals surface area (Å²) in [5, 5.41) is 31.4. The Morgan fingerprint density at radius 3 is 2.48 bits per heavy atom. The molecule has 0 bridgehead atoms. The smallest absolute Gasteiger partial charge is 0.141 e. The molecule has 0 saturated heterocycles. The topological polar surface area (TPSA) is 77.8 Å². The Bertz CT molecular complexity index is 570. The van der Waals surface area contributed by atoms with Crippen molar-refractivity contribution in [2.24, 2.45) is 28.6 Å². The van der Waals surface area contributed by atoms with Crippen molar-refractivity contribution in [3.8, 4) is 0 Å². The SMILES string of the molecule is C[C@]12CCC(O)CC1=CC(O)[C@@H]1[C@@H]2CC[C@]2(C)C(=O)CC(O)[C@@H]12. The lowest BCUT2D eigenvalue weighted by atomic mass is 9.47. The molecule has 128 valence electrons. The second-order valence-electron chi connectivity index (χ2n) is 8.86. The summed E-state index contributed by atoms with van der Waals surface area (Å²) in [4.78, 5) is 12.4. The van der Waals surface area contributed by atoms with E-state index in [4.69, 9.17) is 0 Å². The average Bonchev–Trinajstić information content (AvgIpc) is 2.71. The number of hydrogen-bond donors (Lipinski definition) is 3. The molecule has 4 rings (SSSR count). The summed E-state index contributed by atoms with van der Waals surface area (Å²) >= 11 is 0. The van der Waals surface area contributed by atoms with Crippen LogP contribution in [0.25, 0.3) is 0 Å². The summed E-state index contributed by atoms with van der Waals surface area (Å²) in [5.41, 5.74) is 0.709. The zero-order chi connectivity index (χ0) is 16.6. The molecule has 3 saturated carbocycles. The summed E-state index contributed by atoms with van der Waals surface area (Å²) in [6.45, 7) is 4.26. The zero-order valence-corrected chi connectivity index (χ0v) is 14.0. The van der Waals surface area contributed by atoms with Gasteiger partial charge in [0.2, 0.25) is 0 Å². The van der Waals surface area contributed by atoms with Crippen LogP contribution in [0.2, 0.25) is 0 Å². The molecule has 8 atom stereocenters. The van der Waals surface area contributed by atoms with Gasteiger partial charge in [-0.1, -0.05) is 25.5 Å². The number of carbonyl (C=O) groups is 1. The van der Waals surface area contributed by atoms with Crippen molar-refractivity contribution in [3.63, 3.8) is 0 Å². The van der Waals surface area contributed by atoms with E-state index in [9.17, 15) is 20.1 Å². The van der Waals surface area contributed by atoms with Crippen molar-refractivity contribution in [1.29, 1.82) is 0 Å². The minimum Gasteiger partial charge on any atom is -0.393 e. The van der Waals surface area contributed by atoms with E-state index >= 15 is 0 Å². The molecule has 0 heterocycles. The van der Waals surface area contributed by atoms with Gasteiger partial charge in [-0.2, -0.15) is 0 Å². The first-order valence-corrected chi connectivity index (χ1v) is 9.06. The van der Waals surface area contributed by atoms with Crippen LogP contribution in [0.4, 0.5) is 0 Å². The molecule has 0 aromatic heterocycles. The highest BCUT2D eigenvalue weighted by Gasteiger charge is 2.63. The fourth-order valence-electron chi connectivity index (χ4n) is 6.46. The maximum atomic E-state index is 12.4. The van der Waals surface area contributed by atoms with Gasteiger partial charge < -0.3 is 15.3 Å². The molecular weight excluding hydrogens is 292 g/mol. The van der Waals surface area contributed by atoms with Crippen molar-refractivity contribution in [3.05, 3.63) is 11.6 Å². The third kappa shape index (κ3) is 1.98. The molecule has 3 N–H and O–H groups in total. The molecule has 0 aromatic carbocycles. The second kappa shape index (κ2) is 4.90. The van der Waals surface area contributed by atoms with Gasteiger partial charge in [0.25, 0.3) is 0 Å². The highest BCUT2D eigenvalue weighted by Crippen LogP contribution is 2.63. The summed E-state index contributed by atoms with van der Waals surface area (Å²) < 4.78 is 0. The Kier molecular flexibility index (Phi) is 3.37. The molecule has 0 aliphatic heterocycles. The molecule has 3 unspecified atom stereocenters. The number of fused-ring (bicyclic) bond motifs is 5. The summed E-state index contributed by atoms with van der Waals surface area (Å²) in [5.74, 6) is 0.285. The predicted molar refractivity (Wildman–Crippen MR) is 85.5 cm³/mol. The van der Waals surface area contributed by atoms with Crippen molar-refractivity contribution in [1.82, 2.24) is 0 Å². The van der Waals surface area contributed by atoms with E-state index in [1.165, 1.54) is 5.57 Å². The average molecular weight is 320 g/mol. The van der Waals surface area contributed by atoms with E-state index in [1.54, 1.807) is 0 Å². The van der Waals surface area contributed by atoms with Crippen LogP contribution >= 0.6 is 0 Å². The largest absolute Gasteiger partial charge is 0.393 e. The van der Waals surface area contributed by atoms with Crippen molar-refractivity contribution in [2.75, 3.05) is 0 Å². The maximum Gasteiger partial charge on any atom is 0.141 e. The fraction of sp³-hybridized carbons (Fsp3) is 0.842. The molecule has 4 heteroatoms. The number of ketones is 1. The van der Waals surface area contributed by atoms with Gasteiger partial charge in [0.1, 0.15) is 5.78 Å². The van der Waals surface area contributed by atoms with Gasteiger partial charge in [-0.15, -0.1) is 0 Å². The number of hydrogen-bond acceptors (Lipinski definition) is 4. The first kappa shape index (κ1) is 15.8. The van der Waals surface area contributed by atoms with Gasteiger partial charge >= 0.3 is 0 Å². The molecule has 0 spiro atoms. The Hall–Kier alpha value is -0.710. The first-order valence-electron chi connectivity index (χ1n) is 9.06. The monoisotopic (exact) mass is 320 g/mol. The molecule has 4 aliphatic carbocycles. The van der Waals surface area contributed by atoms with Crippen LogP contribution in [0.1, 0.15) is 52.4 Å². The second-order valence-corrected chi connectivity index (χ2v) is 8.86. The molecule has 0 aromatic rings. The third-order valence-electron chi connectivity index (χ3n) is 7.81. The number of rotatable bonds is 0. The lowest BCUT2D eigenvalue weighted by Gasteiger charge is -2.58. The van der Waals surface area contributed by atoms with Crippen molar-refractivity contribution in [2.45, 2.75) is 70.7 Å². The molecule has 4 aliphatic rings. The summed E-state index contributed by atoms with van der Waals surface area (Å²) in [6.07, 6.45) is 4.77. The minimum absolute atomic E-state index is 0.00415. The quantitative estimate of drug-likeness (QED) is 0.595.